The Morgan fingerprint density at radius 2 is 1.04 bits per heavy atom. The summed E-state index contributed by atoms with van der Waals surface area (Å²) >= 11 is 0. The summed E-state index contributed by atoms with van der Waals surface area (Å²) in [6.07, 6.45) is -0.0949. The van der Waals surface area contributed by atoms with Crippen molar-refractivity contribution < 1.29 is 23.9 Å². The number of nitrogens with one attached hydrogen (secondary N) is 2. The lowest BCUT2D eigenvalue weighted by Crippen LogP contribution is -2.51. The quantitative estimate of drug-likeness (QED) is 0.188. The molecule has 0 spiro atoms. The summed E-state index contributed by atoms with van der Waals surface area (Å²) in [6, 6.07) is 36.7. The number of amides is 4. The minimum Gasteiger partial charge on any atom is -0.342 e. The van der Waals surface area contributed by atoms with Gasteiger partial charge in [-0.1, -0.05) is 84.9 Å². The van der Waals surface area contributed by atoms with E-state index in [-0.39, 0.29) is 44.0 Å². The number of rotatable bonds is 12. The van der Waals surface area contributed by atoms with Crippen LogP contribution in [0.5, 0.6) is 0 Å². The molecular formula is C42H42N6O5. The van der Waals surface area contributed by atoms with Gasteiger partial charge in [0.15, 0.2) is 5.79 Å². The molecule has 53 heavy (non-hydrogen) atoms. The van der Waals surface area contributed by atoms with Crippen molar-refractivity contribution in [1.82, 2.24) is 20.4 Å². The van der Waals surface area contributed by atoms with E-state index in [4.69, 9.17) is 20.0 Å². The van der Waals surface area contributed by atoms with Crippen LogP contribution in [0, 0.1) is 22.7 Å². The zero-order valence-electron chi connectivity index (χ0n) is 29.8. The topological polar surface area (TPSA) is 148 Å². The largest absolute Gasteiger partial charge is 0.342 e. The van der Waals surface area contributed by atoms with Gasteiger partial charge in [-0.15, -0.1) is 0 Å². The predicted octanol–water partition coefficient (Wildman–Crippen LogP) is 5.37. The van der Waals surface area contributed by atoms with Gasteiger partial charge in [-0.25, -0.2) is 4.79 Å². The van der Waals surface area contributed by atoms with Crippen LogP contribution in [0.15, 0.2) is 109 Å². The van der Waals surface area contributed by atoms with Crippen LogP contribution in [0.25, 0.3) is 0 Å². The minimum atomic E-state index is -0.950. The van der Waals surface area contributed by atoms with E-state index >= 15 is 4.79 Å². The highest BCUT2D eigenvalue weighted by Crippen LogP contribution is 2.40. The molecule has 2 saturated heterocycles. The Morgan fingerprint density at radius 3 is 1.43 bits per heavy atom. The average molecular weight is 711 g/mol. The Labute approximate surface area is 309 Å². The van der Waals surface area contributed by atoms with E-state index in [1.165, 1.54) is 0 Å². The zero-order valence-corrected chi connectivity index (χ0v) is 29.8. The van der Waals surface area contributed by atoms with Gasteiger partial charge in [0.25, 0.3) is 11.8 Å². The van der Waals surface area contributed by atoms with Crippen LogP contribution in [-0.4, -0.2) is 70.8 Å². The molecule has 270 valence electrons. The van der Waals surface area contributed by atoms with Crippen LogP contribution in [0.2, 0.25) is 0 Å². The standard InChI is InChI=1S/C42H42N6O5/c1-42(2)52-37-35(25-29-11-5-3-6-12-29)47(27-31-15-9-17-33(23-31)39(49)45-21-19-43)41(51)48(36(38(37)53-42)26-30-13-7-4-8-14-30)28-32-16-10-18-34(24-32)40(50)46-22-20-44/h3-18,23-24,35-38H,21-22,25-28H2,1-2H3,(H,45,49)(H,46,50)/t35-,36-,37+,38+/m1/s1. The second kappa shape index (κ2) is 16.6. The van der Waals surface area contributed by atoms with Gasteiger partial charge in [0.05, 0.1) is 24.2 Å². The lowest BCUT2D eigenvalue weighted by atomic mass is 9.90. The first kappa shape index (κ1) is 36.8. The summed E-state index contributed by atoms with van der Waals surface area (Å²) in [5, 5.41) is 23.2. The molecule has 11 nitrogen and oxygen atoms in total. The highest BCUT2D eigenvalue weighted by atomic mass is 16.8. The van der Waals surface area contributed by atoms with Crippen molar-refractivity contribution >= 4 is 17.8 Å². The maximum atomic E-state index is 15.4. The number of hydrogen-bond acceptors (Lipinski definition) is 7. The number of hydrogen-bond donors (Lipinski definition) is 2. The molecule has 2 aliphatic heterocycles. The van der Waals surface area contributed by atoms with Crippen molar-refractivity contribution in [3.05, 3.63) is 143 Å². The second-order valence-electron chi connectivity index (χ2n) is 13.7. The monoisotopic (exact) mass is 710 g/mol. The molecular weight excluding hydrogens is 668 g/mol. The molecule has 4 amide bonds. The highest BCUT2D eigenvalue weighted by molar-refractivity contribution is 5.95. The van der Waals surface area contributed by atoms with E-state index < -0.39 is 30.1 Å². The molecule has 0 aromatic heterocycles. The lowest BCUT2D eigenvalue weighted by molar-refractivity contribution is -0.157. The van der Waals surface area contributed by atoms with Crippen LogP contribution in [0.3, 0.4) is 0 Å². The molecule has 4 aromatic rings. The highest BCUT2D eigenvalue weighted by Gasteiger charge is 2.55. The maximum absolute atomic E-state index is 15.4. The molecule has 2 heterocycles. The molecule has 2 fully saturated rings. The van der Waals surface area contributed by atoms with Crippen LogP contribution in [0.1, 0.15) is 56.8 Å². The number of nitrogens with zero attached hydrogens (tertiary/aromatic N) is 4. The van der Waals surface area contributed by atoms with Crippen LogP contribution in [-0.2, 0) is 35.4 Å². The summed E-state index contributed by atoms with van der Waals surface area (Å²) in [5.41, 5.74) is 4.27. The first-order valence-electron chi connectivity index (χ1n) is 17.6. The minimum absolute atomic E-state index is 0.123. The Balaban J connectivity index is 1.46. The Hall–Kier alpha value is -6.01. The third-order valence-electron chi connectivity index (χ3n) is 9.53. The van der Waals surface area contributed by atoms with Crippen LogP contribution < -0.4 is 10.6 Å². The van der Waals surface area contributed by atoms with E-state index in [2.05, 4.69) is 10.6 Å². The predicted molar refractivity (Wildman–Crippen MR) is 197 cm³/mol. The fourth-order valence-corrected chi connectivity index (χ4v) is 7.21. The average Bonchev–Trinajstić information content (AvgIpc) is 3.47. The number of nitriles is 2. The van der Waals surface area contributed by atoms with Crippen molar-refractivity contribution in [3.63, 3.8) is 0 Å². The summed E-state index contributed by atoms with van der Waals surface area (Å²) in [7, 11) is 0. The maximum Gasteiger partial charge on any atom is 0.321 e. The number of carbonyl (C=O) groups is 3. The molecule has 0 saturated carbocycles. The van der Waals surface area contributed by atoms with Gasteiger partial charge in [0, 0.05) is 24.2 Å². The summed E-state index contributed by atoms with van der Waals surface area (Å²) in [5.74, 6) is -1.71. The van der Waals surface area contributed by atoms with E-state index in [0.717, 1.165) is 22.3 Å². The summed E-state index contributed by atoms with van der Waals surface area (Å²) in [6.45, 7) is 3.86. The first-order valence-corrected chi connectivity index (χ1v) is 17.6. The Bertz CT molecular complexity index is 1870. The second-order valence-corrected chi connectivity index (χ2v) is 13.7. The Kier molecular flexibility index (Phi) is 11.5. The van der Waals surface area contributed by atoms with E-state index in [1.807, 2.05) is 109 Å². The molecule has 0 radical (unpaired) electrons. The summed E-state index contributed by atoms with van der Waals surface area (Å²) in [4.78, 5) is 44.8. The van der Waals surface area contributed by atoms with E-state index in [9.17, 15) is 9.59 Å². The van der Waals surface area contributed by atoms with Crippen LogP contribution >= 0.6 is 0 Å². The third kappa shape index (κ3) is 8.90. The van der Waals surface area contributed by atoms with Crippen LogP contribution in [0.4, 0.5) is 4.79 Å². The van der Waals surface area contributed by atoms with Gasteiger partial charge < -0.3 is 29.9 Å². The van der Waals surface area contributed by atoms with E-state index in [1.54, 1.807) is 36.4 Å². The van der Waals surface area contributed by atoms with Crippen molar-refractivity contribution in [2.75, 3.05) is 13.1 Å². The molecule has 2 N–H and O–H groups in total. The molecule has 0 bridgehead atoms. The summed E-state index contributed by atoms with van der Waals surface area (Å²) < 4.78 is 13.6. The fraction of sp³-hybridized carbons (Fsp3) is 0.310. The van der Waals surface area contributed by atoms with Crippen molar-refractivity contribution in [3.8, 4) is 12.1 Å². The molecule has 0 aliphatic carbocycles. The number of carbonyl (C=O) groups excluding carboxylic acids is 3. The number of ether oxygens (including phenoxy) is 2. The van der Waals surface area contributed by atoms with Gasteiger partial charge in [-0.05, 0) is 73.2 Å². The Morgan fingerprint density at radius 1 is 0.642 bits per heavy atom. The normalized spacial score (nSPS) is 20.4. The molecule has 2 aliphatic rings. The lowest BCUT2D eigenvalue weighted by Gasteiger charge is -2.37. The van der Waals surface area contributed by atoms with Crippen molar-refractivity contribution in [2.45, 2.75) is 69.9 Å². The van der Waals surface area contributed by atoms with Gasteiger partial charge in [-0.2, -0.15) is 10.5 Å². The smallest absolute Gasteiger partial charge is 0.321 e. The van der Waals surface area contributed by atoms with Gasteiger partial charge in [0.2, 0.25) is 0 Å². The number of benzene rings is 4. The number of urea groups is 1. The first-order chi connectivity index (χ1) is 25.7. The third-order valence-corrected chi connectivity index (χ3v) is 9.53. The zero-order chi connectivity index (χ0) is 37.4. The molecule has 6 rings (SSSR count). The SMILES string of the molecule is CC1(C)O[C@@H]2[C@@H](O1)[C@@H](Cc1ccccc1)N(Cc1cccc(C(=O)NCC#N)c1)C(=O)N(Cc1cccc(C(=O)NCC#N)c1)[C@@H]2Cc1ccccc1. The van der Waals surface area contributed by atoms with Crippen molar-refractivity contribution in [1.29, 1.82) is 10.5 Å². The molecule has 4 atom stereocenters. The number of fused-ring (bicyclic) bond motifs is 1. The molecule has 4 aromatic carbocycles. The molecule has 0 unspecified atom stereocenters. The van der Waals surface area contributed by atoms with Gasteiger partial charge in [0.1, 0.15) is 25.3 Å². The van der Waals surface area contributed by atoms with Gasteiger partial charge in [-0.3, -0.25) is 9.59 Å². The van der Waals surface area contributed by atoms with Gasteiger partial charge >= 0.3 is 6.03 Å². The fourth-order valence-electron chi connectivity index (χ4n) is 7.21. The van der Waals surface area contributed by atoms with Crippen molar-refractivity contribution in [2.24, 2.45) is 0 Å². The molecule has 11 heteroatoms. The van der Waals surface area contributed by atoms with E-state index in [0.29, 0.717) is 24.0 Å².